The molecule has 124 valence electrons. The van der Waals surface area contributed by atoms with Gasteiger partial charge in [0.25, 0.3) is 0 Å². The van der Waals surface area contributed by atoms with E-state index in [9.17, 15) is 9.59 Å². The molecule has 0 aliphatic carbocycles. The number of carbonyl (C=O) groups excluding carboxylic acids is 2. The van der Waals surface area contributed by atoms with Gasteiger partial charge in [-0.2, -0.15) is 0 Å². The maximum atomic E-state index is 11.8. The van der Waals surface area contributed by atoms with Gasteiger partial charge < -0.3 is 19.5 Å². The molecule has 1 atom stereocenters. The summed E-state index contributed by atoms with van der Waals surface area (Å²) in [6.07, 6.45) is 2.32. The standard InChI is InChI=1S/C17H21NO5/c1-3-4-16(19)18-14(9-17(20)21-2)12-5-7-13(8-6-12)15-10-22-11-23-15/h5-9,15H,3-4,10-11H2,1-2H3,(H,18,19)/b14-9-. The third kappa shape index (κ3) is 4.91. The van der Waals surface area contributed by atoms with Crippen LogP contribution in [0.3, 0.4) is 0 Å². The van der Waals surface area contributed by atoms with E-state index in [2.05, 4.69) is 10.1 Å². The SMILES string of the molecule is CCCC(=O)N/C(=C\C(=O)OC)c1ccc(C2COCO2)cc1. The van der Waals surface area contributed by atoms with Gasteiger partial charge in [-0.05, 0) is 17.5 Å². The molecule has 0 spiro atoms. The molecule has 0 aromatic heterocycles. The Labute approximate surface area is 135 Å². The van der Waals surface area contributed by atoms with Gasteiger partial charge in [-0.3, -0.25) is 4.79 Å². The van der Waals surface area contributed by atoms with Crippen LogP contribution in [-0.2, 0) is 23.8 Å². The Hall–Kier alpha value is -2.18. The zero-order chi connectivity index (χ0) is 16.7. The minimum absolute atomic E-state index is 0.0771. The number of carbonyl (C=O) groups is 2. The van der Waals surface area contributed by atoms with Gasteiger partial charge in [0, 0.05) is 12.5 Å². The van der Waals surface area contributed by atoms with Crippen LogP contribution in [0.2, 0.25) is 0 Å². The van der Waals surface area contributed by atoms with Crippen molar-refractivity contribution in [1.82, 2.24) is 5.32 Å². The van der Waals surface area contributed by atoms with Gasteiger partial charge in [0.05, 0.1) is 19.4 Å². The van der Waals surface area contributed by atoms with E-state index in [4.69, 9.17) is 9.47 Å². The first-order valence-corrected chi connectivity index (χ1v) is 7.53. The Kier molecular flexibility index (Phi) is 6.31. The number of methoxy groups -OCH3 is 1. The lowest BCUT2D eigenvalue weighted by Gasteiger charge is -2.12. The van der Waals surface area contributed by atoms with Crippen LogP contribution in [0.1, 0.15) is 37.0 Å². The second-order valence-corrected chi connectivity index (χ2v) is 5.15. The van der Waals surface area contributed by atoms with E-state index in [1.54, 1.807) is 0 Å². The second-order valence-electron chi connectivity index (χ2n) is 5.15. The van der Waals surface area contributed by atoms with Gasteiger partial charge in [0.15, 0.2) is 0 Å². The molecule has 0 bridgehead atoms. The van der Waals surface area contributed by atoms with E-state index in [1.807, 2.05) is 31.2 Å². The van der Waals surface area contributed by atoms with Crippen molar-refractivity contribution in [2.45, 2.75) is 25.9 Å². The average Bonchev–Trinajstić information content (AvgIpc) is 3.09. The molecule has 1 amide bonds. The fraction of sp³-hybridized carbons (Fsp3) is 0.412. The van der Waals surface area contributed by atoms with E-state index >= 15 is 0 Å². The highest BCUT2D eigenvalue weighted by atomic mass is 16.7. The molecule has 1 heterocycles. The second kappa shape index (κ2) is 8.45. The van der Waals surface area contributed by atoms with E-state index < -0.39 is 5.97 Å². The number of ether oxygens (including phenoxy) is 3. The summed E-state index contributed by atoms with van der Waals surface area (Å²) in [5.41, 5.74) is 2.14. The van der Waals surface area contributed by atoms with E-state index in [0.29, 0.717) is 25.5 Å². The number of amides is 1. The van der Waals surface area contributed by atoms with Crippen LogP contribution in [0.5, 0.6) is 0 Å². The first kappa shape index (κ1) is 17.2. The Bertz CT molecular complexity index is 573. The summed E-state index contributed by atoms with van der Waals surface area (Å²) in [7, 11) is 1.30. The molecule has 1 fully saturated rings. The van der Waals surface area contributed by atoms with Crippen molar-refractivity contribution in [1.29, 1.82) is 0 Å². The van der Waals surface area contributed by atoms with Crippen molar-refractivity contribution in [3.8, 4) is 0 Å². The largest absolute Gasteiger partial charge is 0.466 e. The van der Waals surface area contributed by atoms with E-state index in [-0.39, 0.29) is 12.0 Å². The average molecular weight is 319 g/mol. The third-order valence-electron chi connectivity index (χ3n) is 3.43. The highest BCUT2D eigenvalue weighted by molar-refractivity contribution is 5.95. The minimum Gasteiger partial charge on any atom is -0.466 e. The van der Waals surface area contributed by atoms with Gasteiger partial charge in [-0.15, -0.1) is 0 Å². The van der Waals surface area contributed by atoms with Crippen molar-refractivity contribution in [2.75, 3.05) is 20.5 Å². The van der Waals surface area contributed by atoms with Crippen molar-refractivity contribution in [2.24, 2.45) is 0 Å². The zero-order valence-electron chi connectivity index (χ0n) is 13.3. The summed E-state index contributed by atoms with van der Waals surface area (Å²) in [5.74, 6) is -0.660. The Morgan fingerprint density at radius 1 is 1.35 bits per heavy atom. The summed E-state index contributed by atoms with van der Waals surface area (Å²) in [4.78, 5) is 23.4. The van der Waals surface area contributed by atoms with Crippen LogP contribution in [0.15, 0.2) is 30.3 Å². The Morgan fingerprint density at radius 2 is 2.09 bits per heavy atom. The van der Waals surface area contributed by atoms with Crippen molar-refractivity contribution in [3.05, 3.63) is 41.5 Å². The molecular formula is C17H21NO5. The number of nitrogens with one attached hydrogen (secondary N) is 1. The van der Waals surface area contributed by atoms with Crippen LogP contribution in [-0.4, -0.2) is 32.4 Å². The lowest BCUT2D eigenvalue weighted by Crippen LogP contribution is -2.22. The predicted octanol–water partition coefficient (Wildman–Crippen LogP) is 2.16. The molecule has 1 aromatic carbocycles. The van der Waals surface area contributed by atoms with E-state index in [0.717, 1.165) is 17.5 Å². The molecule has 1 aliphatic heterocycles. The normalized spacial score (nSPS) is 17.8. The predicted molar refractivity (Wildman–Crippen MR) is 84.1 cm³/mol. The summed E-state index contributed by atoms with van der Waals surface area (Å²) >= 11 is 0. The lowest BCUT2D eigenvalue weighted by atomic mass is 10.0. The minimum atomic E-state index is -0.520. The molecule has 0 saturated carbocycles. The smallest absolute Gasteiger partial charge is 0.332 e. The molecule has 0 radical (unpaired) electrons. The number of rotatable bonds is 6. The molecule has 6 nitrogen and oxygen atoms in total. The molecule has 1 aliphatic rings. The molecular weight excluding hydrogens is 298 g/mol. The van der Waals surface area contributed by atoms with Gasteiger partial charge in [0.1, 0.15) is 12.9 Å². The first-order valence-electron chi connectivity index (χ1n) is 7.53. The summed E-state index contributed by atoms with van der Waals surface area (Å²) < 4.78 is 15.3. The maximum Gasteiger partial charge on any atom is 0.332 e. The molecule has 2 rings (SSSR count). The highest BCUT2D eigenvalue weighted by Gasteiger charge is 2.18. The molecule has 6 heteroatoms. The highest BCUT2D eigenvalue weighted by Crippen LogP contribution is 2.24. The van der Waals surface area contributed by atoms with Gasteiger partial charge in [-0.1, -0.05) is 31.2 Å². The van der Waals surface area contributed by atoms with Crippen LogP contribution < -0.4 is 5.32 Å². The quantitative estimate of drug-likeness (QED) is 0.642. The summed E-state index contributed by atoms with van der Waals surface area (Å²) in [6, 6.07) is 7.45. The number of hydrogen-bond donors (Lipinski definition) is 1. The van der Waals surface area contributed by atoms with Gasteiger partial charge >= 0.3 is 5.97 Å². The van der Waals surface area contributed by atoms with Gasteiger partial charge in [0.2, 0.25) is 5.91 Å². The Morgan fingerprint density at radius 3 is 2.65 bits per heavy atom. The van der Waals surface area contributed by atoms with Crippen LogP contribution in [0.25, 0.3) is 5.70 Å². The number of hydrogen-bond acceptors (Lipinski definition) is 5. The number of esters is 1. The van der Waals surface area contributed by atoms with Crippen molar-refractivity contribution in [3.63, 3.8) is 0 Å². The third-order valence-corrected chi connectivity index (χ3v) is 3.43. The maximum absolute atomic E-state index is 11.8. The van der Waals surface area contributed by atoms with Crippen LogP contribution in [0.4, 0.5) is 0 Å². The van der Waals surface area contributed by atoms with Crippen molar-refractivity contribution >= 4 is 17.6 Å². The zero-order valence-corrected chi connectivity index (χ0v) is 13.3. The fourth-order valence-electron chi connectivity index (χ4n) is 2.21. The lowest BCUT2D eigenvalue weighted by molar-refractivity contribution is -0.134. The van der Waals surface area contributed by atoms with E-state index in [1.165, 1.54) is 13.2 Å². The summed E-state index contributed by atoms with van der Waals surface area (Å²) in [5, 5.41) is 2.75. The van der Waals surface area contributed by atoms with Crippen molar-refractivity contribution < 1.29 is 23.8 Å². The summed E-state index contributed by atoms with van der Waals surface area (Å²) in [6.45, 7) is 2.74. The molecule has 1 unspecified atom stereocenters. The topological polar surface area (TPSA) is 73.9 Å². The molecule has 1 N–H and O–H groups in total. The fourth-order valence-corrected chi connectivity index (χ4v) is 2.21. The number of benzene rings is 1. The molecule has 1 saturated heterocycles. The van der Waals surface area contributed by atoms with Crippen LogP contribution in [0, 0.1) is 0 Å². The van der Waals surface area contributed by atoms with Crippen LogP contribution >= 0.6 is 0 Å². The molecule has 23 heavy (non-hydrogen) atoms. The van der Waals surface area contributed by atoms with Gasteiger partial charge in [-0.25, -0.2) is 4.79 Å². The Balaban J connectivity index is 2.18. The monoisotopic (exact) mass is 319 g/mol. The molecule has 1 aromatic rings. The first-order chi connectivity index (χ1) is 11.1.